The molecule has 7 nitrogen and oxygen atoms in total. The molecule has 3 aromatic carbocycles. The van der Waals surface area contributed by atoms with Gasteiger partial charge in [-0.05, 0) is 50.1 Å². The van der Waals surface area contributed by atoms with Crippen molar-refractivity contribution in [2.45, 2.75) is 30.7 Å². The standard InChI is InChI=1S/C25H24N4O3S/c1-17-9-11-19(12-10-17)26-25(30)23-8-5-15-29(23)33(31,32)20-13-14-21-22(16-20)28-24(27-21)18-6-3-2-4-7-18/h2-4,6-7,9-14,16,23H,5,8,15H2,1H3,(H,26,30)(H,27,28)/t23-/m1/s1. The van der Waals surface area contributed by atoms with Gasteiger partial charge in [-0.25, -0.2) is 13.4 Å². The topological polar surface area (TPSA) is 95.2 Å². The van der Waals surface area contributed by atoms with Gasteiger partial charge in [0.2, 0.25) is 15.9 Å². The fourth-order valence-corrected chi connectivity index (χ4v) is 5.85. The highest BCUT2D eigenvalue weighted by Crippen LogP contribution is 2.29. The van der Waals surface area contributed by atoms with Crippen LogP contribution in [0.1, 0.15) is 18.4 Å². The first-order valence-electron chi connectivity index (χ1n) is 10.9. The quantitative estimate of drug-likeness (QED) is 0.463. The molecule has 8 heteroatoms. The number of carbonyl (C=O) groups excluding carboxylic acids is 1. The van der Waals surface area contributed by atoms with E-state index in [-0.39, 0.29) is 10.8 Å². The van der Waals surface area contributed by atoms with E-state index in [9.17, 15) is 13.2 Å². The number of hydrogen-bond acceptors (Lipinski definition) is 4. The highest BCUT2D eigenvalue weighted by Gasteiger charge is 2.39. The number of anilines is 1. The summed E-state index contributed by atoms with van der Waals surface area (Å²) in [4.78, 5) is 20.9. The number of sulfonamides is 1. The summed E-state index contributed by atoms with van der Waals surface area (Å²) in [5.41, 5.74) is 3.98. The Morgan fingerprint density at radius 3 is 2.58 bits per heavy atom. The molecule has 0 bridgehead atoms. The molecule has 0 radical (unpaired) electrons. The van der Waals surface area contributed by atoms with Crippen LogP contribution in [-0.2, 0) is 14.8 Å². The number of imidazole rings is 1. The van der Waals surface area contributed by atoms with Gasteiger partial charge < -0.3 is 10.3 Å². The zero-order valence-electron chi connectivity index (χ0n) is 18.2. The van der Waals surface area contributed by atoms with Gasteiger partial charge in [-0.1, -0.05) is 48.0 Å². The van der Waals surface area contributed by atoms with E-state index in [0.717, 1.165) is 11.1 Å². The van der Waals surface area contributed by atoms with Crippen LogP contribution in [-0.4, -0.2) is 41.2 Å². The molecule has 2 heterocycles. The van der Waals surface area contributed by atoms with E-state index < -0.39 is 16.1 Å². The largest absolute Gasteiger partial charge is 0.338 e. The van der Waals surface area contributed by atoms with Gasteiger partial charge in [0.15, 0.2) is 0 Å². The van der Waals surface area contributed by atoms with Gasteiger partial charge in [-0.15, -0.1) is 0 Å². The lowest BCUT2D eigenvalue weighted by Gasteiger charge is -2.23. The van der Waals surface area contributed by atoms with Crippen molar-refractivity contribution in [1.82, 2.24) is 14.3 Å². The Bertz CT molecular complexity index is 1410. The van der Waals surface area contributed by atoms with Crippen LogP contribution < -0.4 is 5.32 Å². The second kappa shape index (κ2) is 8.46. The van der Waals surface area contributed by atoms with Gasteiger partial charge in [-0.3, -0.25) is 4.79 Å². The molecule has 168 valence electrons. The maximum atomic E-state index is 13.5. The van der Waals surface area contributed by atoms with Gasteiger partial charge in [0.1, 0.15) is 11.9 Å². The summed E-state index contributed by atoms with van der Waals surface area (Å²) in [6.45, 7) is 2.28. The van der Waals surface area contributed by atoms with Crippen molar-refractivity contribution in [1.29, 1.82) is 0 Å². The smallest absolute Gasteiger partial charge is 0.243 e. The highest BCUT2D eigenvalue weighted by molar-refractivity contribution is 7.89. The summed E-state index contributed by atoms with van der Waals surface area (Å²) in [6, 6.07) is 21.2. The molecule has 0 unspecified atom stereocenters. The van der Waals surface area contributed by atoms with Crippen molar-refractivity contribution >= 4 is 32.7 Å². The van der Waals surface area contributed by atoms with Crippen LogP contribution >= 0.6 is 0 Å². The first-order valence-corrected chi connectivity index (χ1v) is 12.3. The minimum atomic E-state index is -3.85. The average molecular weight is 461 g/mol. The van der Waals surface area contributed by atoms with Crippen molar-refractivity contribution in [3.05, 3.63) is 78.4 Å². The molecular formula is C25H24N4O3S. The van der Waals surface area contributed by atoms with Crippen LogP contribution in [0, 0.1) is 6.92 Å². The maximum absolute atomic E-state index is 13.5. The molecule has 0 aliphatic carbocycles. The molecule has 33 heavy (non-hydrogen) atoms. The zero-order chi connectivity index (χ0) is 23.0. The Morgan fingerprint density at radius 1 is 1.06 bits per heavy atom. The summed E-state index contributed by atoms with van der Waals surface area (Å²) in [6.07, 6.45) is 1.12. The van der Waals surface area contributed by atoms with E-state index in [1.54, 1.807) is 18.2 Å². The second-order valence-corrected chi connectivity index (χ2v) is 10.2. The number of nitrogens with zero attached hydrogens (tertiary/aromatic N) is 2. The molecule has 1 amide bonds. The Hall–Kier alpha value is -3.49. The number of aromatic amines is 1. The van der Waals surface area contributed by atoms with Crippen molar-refractivity contribution in [3.63, 3.8) is 0 Å². The summed E-state index contributed by atoms with van der Waals surface area (Å²) in [5.74, 6) is 0.366. The van der Waals surface area contributed by atoms with Crippen molar-refractivity contribution in [2.75, 3.05) is 11.9 Å². The van der Waals surface area contributed by atoms with E-state index in [1.807, 2.05) is 61.5 Å². The molecule has 1 aliphatic heterocycles. The van der Waals surface area contributed by atoms with E-state index in [2.05, 4.69) is 15.3 Å². The number of benzene rings is 3. The fourth-order valence-electron chi connectivity index (χ4n) is 4.17. The van der Waals surface area contributed by atoms with Crippen LogP contribution in [0.15, 0.2) is 77.7 Å². The van der Waals surface area contributed by atoms with E-state index in [0.29, 0.717) is 41.9 Å². The number of H-pyrrole nitrogens is 1. The van der Waals surface area contributed by atoms with Crippen molar-refractivity contribution in [2.24, 2.45) is 0 Å². The number of fused-ring (bicyclic) bond motifs is 1. The lowest BCUT2D eigenvalue weighted by atomic mass is 10.2. The Balaban J connectivity index is 1.41. The summed E-state index contributed by atoms with van der Waals surface area (Å²) in [7, 11) is -3.85. The third-order valence-corrected chi connectivity index (χ3v) is 7.84. The molecule has 1 aromatic heterocycles. The van der Waals surface area contributed by atoms with Crippen LogP contribution in [0.4, 0.5) is 5.69 Å². The predicted molar refractivity (Wildman–Crippen MR) is 128 cm³/mol. The number of nitrogens with one attached hydrogen (secondary N) is 2. The minimum absolute atomic E-state index is 0.147. The number of rotatable bonds is 5. The Kier molecular flexibility index (Phi) is 5.47. The van der Waals surface area contributed by atoms with Gasteiger partial charge in [0.25, 0.3) is 0 Å². The highest BCUT2D eigenvalue weighted by atomic mass is 32.2. The Labute approximate surface area is 192 Å². The van der Waals surface area contributed by atoms with Gasteiger partial charge in [0, 0.05) is 17.8 Å². The molecule has 1 saturated heterocycles. The lowest BCUT2D eigenvalue weighted by Crippen LogP contribution is -2.43. The average Bonchev–Trinajstić information content (AvgIpc) is 3.48. The van der Waals surface area contributed by atoms with Crippen LogP contribution in [0.5, 0.6) is 0 Å². The molecule has 1 atom stereocenters. The normalized spacial score (nSPS) is 16.8. The van der Waals surface area contributed by atoms with E-state index in [1.165, 1.54) is 4.31 Å². The number of amides is 1. The molecule has 1 fully saturated rings. The fraction of sp³-hybridized carbons (Fsp3) is 0.200. The van der Waals surface area contributed by atoms with Crippen molar-refractivity contribution in [3.8, 4) is 11.4 Å². The molecule has 4 aromatic rings. The predicted octanol–water partition coefficient (Wildman–Crippen LogP) is 4.33. The molecule has 1 aliphatic rings. The van der Waals surface area contributed by atoms with Gasteiger partial charge in [-0.2, -0.15) is 4.31 Å². The number of aryl methyl sites for hydroxylation is 1. The third-order valence-electron chi connectivity index (χ3n) is 5.93. The molecule has 2 N–H and O–H groups in total. The van der Waals surface area contributed by atoms with E-state index >= 15 is 0 Å². The summed E-state index contributed by atoms with van der Waals surface area (Å²) < 4.78 is 28.3. The van der Waals surface area contributed by atoms with Crippen LogP contribution in [0.2, 0.25) is 0 Å². The summed E-state index contributed by atoms with van der Waals surface area (Å²) in [5, 5.41) is 2.85. The molecular weight excluding hydrogens is 436 g/mol. The maximum Gasteiger partial charge on any atom is 0.243 e. The SMILES string of the molecule is Cc1ccc(NC(=O)[C@H]2CCCN2S(=O)(=O)c2ccc3nc(-c4ccccc4)[nH]c3c2)cc1. The van der Waals surface area contributed by atoms with Crippen LogP contribution in [0.3, 0.4) is 0 Å². The zero-order valence-corrected chi connectivity index (χ0v) is 19.0. The molecule has 0 spiro atoms. The summed E-state index contributed by atoms with van der Waals surface area (Å²) >= 11 is 0. The van der Waals surface area contributed by atoms with Crippen molar-refractivity contribution < 1.29 is 13.2 Å². The van der Waals surface area contributed by atoms with Gasteiger partial charge >= 0.3 is 0 Å². The van der Waals surface area contributed by atoms with Crippen LogP contribution in [0.25, 0.3) is 22.4 Å². The minimum Gasteiger partial charge on any atom is -0.338 e. The first kappa shape index (κ1) is 21.4. The number of carbonyl (C=O) groups is 1. The second-order valence-electron chi connectivity index (χ2n) is 8.26. The first-order chi connectivity index (χ1) is 15.9. The number of hydrogen-bond donors (Lipinski definition) is 2. The Morgan fingerprint density at radius 2 is 1.82 bits per heavy atom. The molecule has 0 saturated carbocycles. The number of aromatic nitrogens is 2. The monoisotopic (exact) mass is 460 g/mol. The van der Waals surface area contributed by atoms with E-state index in [4.69, 9.17) is 0 Å². The molecule has 5 rings (SSSR count). The lowest BCUT2D eigenvalue weighted by molar-refractivity contribution is -0.119. The van der Waals surface area contributed by atoms with Gasteiger partial charge in [0.05, 0.1) is 15.9 Å². The third kappa shape index (κ3) is 4.15.